The number of aromatic nitrogens is 1. The SMILES string of the molecule is CC(C)[C@H](N)C(=O)N1CCC(Oc2cnc(F)c(F)c2)CC1. The Balaban J connectivity index is 1.87. The van der Waals surface area contributed by atoms with Gasteiger partial charge in [0.2, 0.25) is 11.9 Å². The molecule has 0 unspecified atom stereocenters. The van der Waals surface area contributed by atoms with Gasteiger partial charge in [-0.05, 0) is 5.92 Å². The summed E-state index contributed by atoms with van der Waals surface area (Å²) in [6, 6.07) is 0.488. The van der Waals surface area contributed by atoms with E-state index < -0.39 is 17.8 Å². The molecule has 1 aliphatic heterocycles. The maximum absolute atomic E-state index is 13.1. The molecule has 1 aromatic heterocycles. The number of piperidine rings is 1. The summed E-state index contributed by atoms with van der Waals surface area (Å²) in [5.74, 6) is -1.94. The summed E-state index contributed by atoms with van der Waals surface area (Å²) in [6.07, 6.45) is 2.25. The number of amides is 1. The summed E-state index contributed by atoms with van der Waals surface area (Å²) < 4.78 is 31.4. The van der Waals surface area contributed by atoms with Gasteiger partial charge in [-0.1, -0.05) is 13.8 Å². The second-order valence-corrected chi connectivity index (χ2v) is 5.86. The van der Waals surface area contributed by atoms with Crippen molar-refractivity contribution in [3.63, 3.8) is 0 Å². The lowest BCUT2D eigenvalue weighted by molar-refractivity contribution is -0.135. The zero-order valence-corrected chi connectivity index (χ0v) is 12.8. The van der Waals surface area contributed by atoms with Crippen LogP contribution in [0.1, 0.15) is 26.7 Å². The van der Waals surface area contributed by atoms with Crippen molar-refractivity contribution >= 4 is 5.91 Å². The van der Waals surface area contributed by atoms with Crippen LogP contribution >= 0.6 is 0 Å². The minimum absolute atomic E-state index is 0.0528. The zero-order chi connectivity index (χ0) is 16.3. The average molecular weight is 313 g/mol. The quantitative estimate of drug-likeness (QED) is 0.859. The smallest absolute Gasteiger partial charge is 0.249 e. The number of halogens is 2. The van der Waals surface area contributed by atoms with Gasteiger partial charge >= 0.3 is 0 Å². The summed E-state index contributed by atoms with van der Waals surface area (Å²) in [4.78, 5) is 17.2. The number of pyridine rings is 1. The first-order chi connectivity index (χ1) is 10.4. The fraction of sp³-hybridized carbons (Fsp3) is 0.600. The Hall–Kier alpha value is -1.76. The first kappa shape index (κ1) is 16.6. The molecule has 0 aliphatic carbocycles. The molecule has 2 N–H and O–H groups in total. The first-order valence-electron chi connectivity index (χ1n) is 7.40. The van der Waals surface area contributed by atoms with Crippen LogP contribution in [0.5, 0.6) is 5.75 Å². The standard InChI is InChI=1S/C15H21F2N3O2/c1-9(2)13(18)15(21)20-5-3-10(4-6-20)22-11-7-12(16)14(17)19-8-11/h7-10,13H,3-6,18H2,1-2H3/t13-/m0/s1. The van der Waals surface area contributed by atoms with Crippen LogP contribution in [-0.4, -0.2) is 41.0 Å². The third kappa shape index (κ3) is 3.91. The lowest BCUT2D eigenvalue weighted by Gasteiger charge is -2.34. The molecule has 122 valence electrons. The molecule has 0 radical (unpaired) electrons. The molecule has 2 heterocycles. The fourth-order valence-electron chi connectivity index (χ4n) is 2.35. The van der Waals surface area contributed by atoms with Crippen LogP contribution in [0.4, 0.5) is 8.78 Å². The Morgan fingerprint density at radius 2 is 2.05 bits per heavy atom. The van der Waals surface area contributed by atoms with Crippen molar-refractivity contribution < 1.29 is 18.3 Å². The number of carbonyl (C=O) groups is 1. The molecule has 22 heavy (non-hydrogen) atoms. The highest BCUT2D eigenvalue weighted by molar-refractivity contribution is 5.82. The number of carbonyl (C=O) groups excluding carboxylic acids is 1. The predicted octanol–water partition coefficient (Wildman–Crippen LogP) is 1.71. The molecule has 1 aromatic rings. The molecule has 7 heteroatoms. The number of nitrogens with two attached hydrogens (primary N) is 1. The largest absolute Gasteiger partial charge is 0.489 e. The van der Waals surface area contributed by atoms with Gasteiger partial charge in [0.1, 0.15) is 11.9 Å². The van der Waals surface area contributed by atoms with Crippen LogP contribution in [-0.2, 0) is 4.79 Å². The Morgan fingerprint density at radius 1 is 1.41 bits per heavy atom. The first-order valence-corrected chi connectivity index (χ1v) is 7.40. The monoisotopic (exact) mass is 313 g/mol. The molecule has 1 saturated heterocycles. The predicted molar refractivity (Wildman–Crippen MR) is 77.2 cm³/mol. The van der Waals surface area contributed by atoms with Gasteiger partial charge in [0.25, 0.3) is 0 Å². The van der Waals surface area contributed by atoms with Gasteiger partial charge in [0.15, 0.2) is 5.82 Å². The minimum atomic E-state index is -1.14. The highest BCUT2D eigenvalue weighted by atomic mass is 19.2. The Morgan fingerprint density at radius 3 is 2.59 bits per heavy atom. The molecule has 1 fully saturated rings. The van der Waals surface area contributed by atoms with E-state index in [0.717, 1.165) is 12.3 Å². The molecule has 0 spiro atoms. The second-order valence-electron chi connectivity index (χ2n) is 5.86. The number of likely N-dealkylation sites (tertiary alicyclic amines) is 1. The van der Waals surface area contributed by atoms with E-state index in [4.69, 9.17) is 10.5 Å². The summed E-state index contributed by atoms with van der Waals surface area (Å²) in [7, 11) is 0. The van der Waals surface area contributed by atoms with E-state index in [-0.39, 0.29) is 23.7 Å². The molecule has 1 atom stereocenters. The van der Waals surface area contributed by atoms with Gasteiger partial charge in [-0.15, -0.1) is 0 Å². The molecule has 5 nitrogen and oxygen atoms in total. The zero-order valence-electron chi connectivity index (χ0n) is 12.8. The van der Waals surface area contributed by atoms with Crippen LogP contribution in [0, 0.1) is 17.7 Å². The van der Waals surface area contributed by atoms with E-state index >= 15 is 0 Å². The van der Waals surface area contributed by atoms with Crippen molar-refractivity contribution in [2.24, 2.45) is 11.7 Å². The number of hydrogen-bond donors (Lipinski definition) is 1. The van der Waals surface area contributed by atoms with Gasteiger partial charge in [-0.2, -0.15) is 4.39 Å². The normalized spacial score (nSPS) is 17.6. The molecular weight excluding hydrogens is 292 g/mol. The minimum Gasteiger partial charge on any atom is -0.489 e. The lowest BCUT2D eigenvalue weighted by Crippen LogP contribution is -2.50. The number of ether oxygens (including phenoxy) is 1. The van der Waals surface area contributed by atoms with Gasteiger partial charge < -0.3 is 15.4 Å². The van der Waals surface area contributed by atoms with Gasteiger partial charge in [-0.25, -0.2) is 9.37 Å². The maximum Gasteiger partial charge on any atom is 0.249 e. The van der Waals surface area contributed by atoms with E-state index in [0.29, 0.717) is 25.9 Å². The van der Waals surface area contributed by atoms with Crippen LogP contribution in [0.2, 0.25) is 0 Å². The van der Waals surface area contributed by atoms with Gasteiger partial charge in [-0.3, -0.25) is 4.79 Å². The van der Waals surface area contributed by atoms with Gasteiger partial charge in [0, 0.05) is 32.0 Å². The molecule has 2 rings (SSSR count). The molecule has 1 aliphatic rings. The van der Waals surface area contributed by atoms with Crippen LogP contribution in [0.15, 0.2) is 12.3 Å². The lowest BCUT2D eigenvalue weighted by atomic mass is 10.0. The highest BCUT2D eigenvalue weighted by Gasteiger charge is 2.28. The maximum atomic E-state index is 13.1. The molecule has 0 aromatic carbocycles. The number of hydrogen-bond acceptors (Lipinski definition) is 4. The molecule has 1 amide bonds. The van der Waals surface area contributed by atoms with E-state index in [1.807, 2.05) is 13.8 Å². The van der Waals surface area contributed by atoms with E-state index in [1.165, 1.54) is 0 Å². The fourth-order valence-corrected chi connectivity index (χ4v) is 2.35. The Kier molecular flexibility index (Phi) is 5.28. The van der Waals surface area contributed by atoms with Crippen molar-refractivity contribution in [1.29, 1.82) is 0 Å². The Labute approximate surface area is 128 Å². The van der Waals surface area contributed by atoms with Crippen LogP contribution < -0.4 is 10.5 Å². The Bertz CT molecular complexity index is 532. The van der Waals surface area contributed by atoms with Crippen molar-refractivity contribution in [1.82, 2.24) is 9.88 Å². The molecular formula is C15H21F2N3O2. The summed E-state index contributed by atoms with van der Waals surface area (Å²) in [6.45, 7) is 4.91. The van der Waals surface area contributed by atoms with Crippen molar-refractivity contribution in [3.8, 4) is 5.75 Å². The summed E-state index contributed by atoms with van der Waals surface area (Å²) in [5, 5.41) is 0. The van der Waals surface area contributed by atoms with Crippen molar-refractivity contribution in [3.05, 3.63) is 24.0 Å². The van der Waals surface area contributed by atoms with Crippen LogP contribution in [0.25, 0.3) is 0 Å². The third-order valence-corrected chi connectivity index (χ3v) is 3.83. The van der Waals surface area contributed by atoms with Gasteiger partial charge in [0.05, 0.1) is 12.2 Å². The number of rotatable bonds is 4. The summed E-state index contributed by atoms with van der Waals surface area (Å²) in [5.41, 5.74) is 5.87. The van der Waals surface area contributed by atoms with E-state index in [9.17, 15) is 13.6 Å². The van der Waals surface area contributed by atoms with Crippen molar-refractivity contribution in [2.45, 2.75) is 38.8 Å². The van der Waals surface area contributed by atoms with Crippen LogP contribution in [0.3, 0.4) is 0 Å². The van der Waals surface area contributed by atoms with E-state index in [2.05, 4.69) is 4.98 Å². The topological polar surface area (TPSA) is 68.5 Å². The second kappa shape index (κ2) is 7.00. The molecule has 0 saturated carbocycles. The summed E-state index contributed by atoms with van der Waals surface area (Å²) >= 11 is 0. The van der Waals surface area contributed by atoms with Crippen molar-refractivity contribution in [2.75, 3.05) is 13.1 Å². The highest BCUT2D eigenvalue weighted by Crippen LogP contribution is 2.20. The molecule has 0 bridgehead atoms. The average Bonchev–Trinajstić information content (AvgIpc) is 2.50. The number of nitrogens with zero attached hydrogens (tertiary/aromatic N) is 2. The van der Waals surface area contributed by atoms with E-state index in [1.54, 1.807) is 4.90 Å². The third-order valence-electron chi connectivity index (χ3n) is 3.83.